The van der Waals surface area contributed by atoms with E-state index in [0.29, 0.717) is 13.1 Å². The van der Waals surface area contributed by atoms with Gasteiger partial charge in [-0.1, -0.05) is 6.42 Å². The van der Waals surface area contributed by atoms with Crippen LogP contribution in [0.2, 0.25) is 0 Å². The van der Waals surface area contributed by atoms with Gasteiger partial charge in [0, 0.05) is 26.3 Å². The van der Waals surface area contributed by atoms with Gasteiger partial charge >= 0.3 is 6.18 Å². The number of hydrogen-bond donors (Lipinski definition) is 1. The molecule has 0 unspecified atom stereocenters. The molecule has 0 radical (unpaired) electrons. The van der Waals surface area contributed by atoms with Crippen LogP contribution in [0, 0.1) is 0 Å². The molecule has 0 atom stereocenters. The topological polar surface area (TPSA) is 50.2 Å². The summed E-state index contributed by atoms with van der Waals surface area (Å²) in [4.78, 5) is 14.1. The molecule has 0 spiro atoms. The number of aryl methyl sites for hydroxylation is 1. The van der Waals surface area contributed by atoms with E-state index in [1.807, 2.05) is 0 Å². The molecule has 1 N–H and O–H groups in total. The lowest BCUT2D eigenvalue weighted by Crippen LogP contribution is -2.38. The predicted octanol–water partition coefficient (Wildman–Crippen LogP) is 1.65. The number of hydrogen-bond acceptors (Lipinski definition) is 3. The molecule has 1 saturated heterocycles. The number of nitrogens with zero attached hydrogens (tertiary/aromatic N) is 3. The van der Waals surface area contributed by atoms with Gasteiger partial charge in [-0.25, -0.2) is 0 Å². The molecule has 2 heterocycles. The number of carbonyl (C=O) groups is 1. The molecule has 1 aliphatic rings. The summed E-state index contributed by atoms with van der Waals surface area (Å²) in [6, 6.07) is 0. The van der Waals surface area contributed by atoms with Gasteiger partial charge in [0.15, 0.2) is 5.69 Å². The molecule has 5 nitrogen and oxygen atoms in total. The van der Waals surface area contributed by atoms with Gasteiger partial charge in [-0.05, 0) is 25.9 Å². The fraction of sp³-hybridized carbons (Fsp3) is 0.692. The van der Waals surface area contributed by atoms with Crippen molar-refractivity contribution in [2.75, 3.05) is 26.2 Å². The van der Waals surface area contributed by atoms with Gasteiger partial charge in [-0.3, -0.25) is 9.48 Å². The zero-order valence-corrected chi connectivity index (χ0v) is 11.9. The van der Waals surface area contributed by atoms with Crippen LogP contribution in [0.5, 0.6) is 0 Å². The average molecular weight is 304 g/mol. The second-order valence-corrected chi connectivity index (χ2v) is 5.22. The normalized spacial score (nSPS) is 17.0. The lowest BCUT2D eigenvalue weighted by atomic mass is 10.1. The molecule has 0 aromatic carbocycles. The van der Waals surface area contributed by atoms with Crippen molar-refractivity contribution in [2.45, 2.75) is 25.4 Å². The highest BCUT2D eigenvalue weighted by Gasteiger charge is 2.38. The van der Waals surface area contributed by atoms with Gasteiger partial charge in [0.05, 0.1) is 5.56 Å². The predicted molar refractivity (Wildman–Crippen MR) is 70.8 cm³/mol. The molecule has 118 valence electrons. The van der Waals surface area contributed by atoms with Gasteiger partial charge in [-0.15, -0.1) is 0 Å². The maximum absolute atomic E-state index is 12.8. The van der Waals surface area contributed by atoms with E-state index >= 15 is 0 Å². The number of carbonyl (C=O) groups excluding carboxylic acids is 1. The fourth-order valence-corrected chi connectivity index (χ4v) is 2.47. The summed E-state index contributed by atoms with van der Waals surface area (Å²) in [7, 11) is 1.36. The van der Waals surface area contributed by atoms with E-state index in [-0.39, 0.29) is 0 Å². The highest BCUT2D eigenvalue weighted by Crippen LogP contribution is 2.30. The number of nitrogens with one attached hydrogen (secondary N) is 1. The van der Waals surface area contributed by atoms with Gasteiger partial charge < -0.3 is 10.2 Å². The summed E-state index contributed by atoms with van der Waals surface area (Å²) in [6.45, 7) is 2.96. The molecule has 1 aromatic rings. The molecule has 1 fully saturated rings. The maximum atomic E-state index is 12.8. The molecule has 2 rings (SSSR count). The number of amides is 1. The Kier molecular flexibility index (Phi) is 4.87. The lowest BCUT2D eigenvalue weighted by molar-refractivity contribution is -0.141. The number of alkyl halides is 3. The first-order chi connectivity index (χ1) is 9.88. The van der Waals surface area contributed by atoms with Crippen LogP contribution in [0.4, 0.5) is 13.2 Å². The second-order valence-electron chi connectivity index (χ2n) is 5.22. The fourth-order valence-electron chi connectivity index (χ4n) is 2.47. The van der Waals surface area contributed by atoms with E-state index in [1.54, 1.807) is 0 Å². The minimum Gasteiger partial charge on any atom is -0.351 e. The van der Waals surface area contributed by atoms with E-state index in [1.165, 1.54) is 13.5 Å². The Morgan fingerprint density at radius 2 is 2.00 bits per heavy atom. The van der Waals surface area contributed by atoms with Gasteiger partial charge in [0.1, 0.15) is 0 Å². The third kappa shape index (κ3) is 4.20. The number of piperidine rings is 1. The van der Waals surface area contributed by atoms with Crippen molar-refractivity contribution in [3.8, 4) is 0 Å². The first-order valence-electron chi connectivity index (χ1n) is 6.99. The number of aromatic nitrogens is 2. The lowest BCUT2D eigenvalue weighted by Gasteiger charge is -2.26. The second kappa shape index (κ2) is 6.46. The Morgan fingerprint density at radius 3 is 2.62 bits per heavy atom. The van der Waals surface area contributed by atoms with Crippen molar-refractivity contribution >= 4 is 5.91 Å². The SMILES string of the molecule is Cn1cc(C(=O)NCCN2CCCCC2)c(C(F)(F)F)n1. The van der Waals surface area contributed by atoms with Crippen LogP contribution < -0.4 is 5.32 Å². The summed E-state index contributed by atoms with van der Waals surface area (Å²) < 4.78 is 39.3. The van der Waals surface area contributed by atoms with Crippen LogP contribution in [0.3, 0.4) is 0 Å². The van der Waals surface area contributed by atoms with Crippen LogP contribution in [0.1, 0.15) is 35.3 Å². The summed E-state index contributed by atoms with van der Waals surface area (Å²) in [6.07, 6.45) is -0.0448. The number of halogens is 3. The zero-order chi connectivity index (χ0) is 15.5. The van der Waals surface area contributed by atoms with Gasteiger partial charge in [0.25, 0.3) is 5.91 Å². The van der Waals surface area contributed by atoms with E-state index in [9.17, 15) is 18.0 Å². The smallest absolute Gasteiger partial charge is 0.351 e. The Bertz CT molecular complexity index is 492. The highest BCUT2D eigenvalue weighted by atomic mass is 19.4. The van der Waals surface area contributed by atoms with Crippen LogP contribution in [0.25, 0.3) is 0 Å². The largest absolute Gasteiger partial charge is 0.435 e. The summed E-state index contributed by atoms with van der Waals surface area (Å²) in [5.74, 6) is -0.729. The molecule has 21 heavy (non-hydrogen) atoms. The monoisotopic (exact) mass is 304 g/mol. The Balaban J connectivity index is 1.91. The number of likely N-dealkylation sites (tertiary alicyclic amines) is 1. The van der Waals surface area contributed by atoms with Crippen LogP contribution in [0.15, 0.2) is 6.20 Å². The Morgan fingerprint density at radius 1 is 1.33 bits per heavy atom. The summed E-state index contributed by atoms with van der Waals surface area (Å²) >= 11 is 0. The molecular formula is C13H19F3N4O. The van der Waals surface area contributed by atoms with E-state index in [2.05, 4.69) is 15.3 Å². The third-order valence-electron chi connectivity index (χ3n) is 3.50. The summed E-state index contributed by atoms with van der Waals surface area (Å²) in [5.41, 5.74) is -1.57. The van der Waals surface area contributed by atoms with Crippen molar-refractivity contribution in [1.29, 1.82) is 0 Å². The van der Waals surface area contributed by atoms with Crippen molar-refractivity contribution in [3.05, 3.63) is 17.5 Å². The molecule has 0 bridgehead atoms. The van der Waals surface area contributed by atoms with Crippen LogP contribution in [-0.2, 0) is 13.2 Å². The highest BCUT2D eigenvalue weighted by molar-refractivity contribution is 5.95. The minimum absolute atomic E-state index is 0.338. The van der Waals surface area contributed by atoms with E-state index in [4.69, 9.17) is 0 Å². The first-order valence-corrected chi connectivity index (χ1v) is 6.99. The quantitative estimate of drug-likeness (QED) is 0.920. The van der Waals surface area contributed by atoms with Crippen molar-refractivity contribution in [2.24, 2.45) is 7.05 Å². The van der Waals surface area contributed by atoms with Gasteiger partial charge in [-0.2, -0.15) is 18.3 Å². The van der Waals surface area contributed by atoms with Crippen LogP contribution in [-0.4, -0.2) is 46.8 Å². The van der Waals surface area contributed by atoms with Crippen molar-refractivity contribution < 1.29 is 18.0 Å². The zero-order valence-electron chi connectivity index (χ0n) is 11.9. The molecule has 1 amide bonds. The van der Waals surface area contributed by atoms with Crippen molar-refractivity contribution in [1.82, 2.24) is 20.0 Å². The van der Waals surface area contributed by atoms with Gasteiger partial charge in [0.2, 0.25) is 0 Å². The standard InChI is InChI=1S/C13H19F3N4O/c1-19-9-10(11(18-19)13(14,15)16)12(21)17-5-8-20-6-3-2-4-7-20/h9H,2-8H2,1H3,(H,17,21). The average Bonchev–Trinajstić information content (AvgIpc) is 2.82. The first kappa shape index (κ1) is 15.8. The Hall–Kier alpha value is -1.57. The summed E-state index contributed by atoms with van der Waals surface area (Å²) in [5, 5.41) is 5.86. The van der Waals surface area contributed by atoms with Crippen molar-refractivity contribution in [3.63, 3.8) is 0 Å². The molecule has 8 heteroatoms. The van der Waals surface area contributed by atoms with Crippen LogP contribution >= 0.6 is 0 Å². The maximum Gasteiger partial charge on any atom is 0.435 e. The molecule has 0 aliphatic carbocycles. The molecule has 0 saturated carbocycles. The number of rotatable bonds is 4. The van der Waals surface area contributed by atoms with E-state index < -0.39 is 23.3 Å². The molecule has 1 aromatic heterocycles. The molecule has 1 aliphatic heterocycles. The third-order valence-corrected chi connectivity index (χ3v) is 3.50. The molecular weight excluding hydrogens is 285 g/mol. The van der Waals surface area contributed by atoms with E-state index in [0.717, 1.165) is 36.8 Å². The Labute approximate surface area is 121 Å². The minimum atomic E-state index is -4.62.